The first-order chi connectivity index (χ1) is 16.6. The second-order valence-electron chi connectivity index (χ2n) is 8.79. The van der Waals surface area contributed by atoms with Crippen molar-refractivity contribution in [2.75, 3.05) is 26.9 Å². The van der Waals surface area contributed by atoms with Crippen LogP contribution in [0.4, 0.5) is 0 Å². The minimum absolute atomic E-state index is 0.0167. The summed E-state index contributed by atoms with van der Waals surface area (Å²) in [6, 6.07) is -2.33. The van der Waals surface area contributed by atoms with Gasteiger partial charge in [0.15, 0.2) is 12.6 Å². The van der Waals surface area contributed by atoms with Crippen LogP contribution in [0, 0.1) is 0 Å². The molecule has 14 atom stereocenters. The maximum Gasteiger partial charge on any atom is 0.187 e. The molecule has 0 saturated carbocycles. The number of ether oxygens (including phenoxy) is 4. The number of hydrogen-bond acceptors (Lipinski definition) is 15. The highest BCUT2D eigenvalue weighted by Crippen LogP contribution is 2.30. The standard InChI is InChI=1S/C20H35NO14/c1-32-19-17(31)15(29)18(9(5-24)34-19)35-20-16(30)13(27)10(8(4-23)33-20)21-7-2-6(3-22)11(25)14(28)12(7)26/h2,7-31H,3-5H2,1H3/t7-,8?,9?,10+,11+,12-,13-,14-,15?,16?,17-,18+,19?,20+/m0/s1. The number of aliphatic hydroxyl groups is 10. The van der Waals surface area contributed by atoms with Crippen LogP contribution in [-0.4, -0.2) is 164 Å². The molecule has 0 bridgehead atoms. The van der Waals surface area contributed by atoms with Crippen molar-refractivity contribution in [2.24, 2.45) is 0 Å². The Morgan fingerprint density at radius 1 is 0.771 bits per heavy atom. The van der Waals surface area contributed by atoms with Crippen LogP contribution in [-0.2, 0) is 18.9 Å². The molecule has 0 aromatic carbocycles. The van der Waals surface area contributed by atoms with E-state index in [1.165, 1.54) is 13.2 Å². The van der Waals surface area contributed by atoms with Gasteiger partial charge in [-0.1, -0.05) is 6.08 Å². The van der Waals surface area contributed by atoms with E-state index in [0.29, 0.717) is 0 Å². The van der Waals surface area contributed by atoms with E-state index in [-0.39, 0.29) is 5.57 Å². The highest BCUT2D eigenvalue weighted by molar-refractivity contribution is 5.22. The van der Waals surface area contributed by atoms with Crippen LogP contribution >= 0.6 is 0 Å². The maximum absolute atomic E-state index is 10.8. The zero-order valence-electron chi connectivity index (χ0n) is 18.9. The van der Waals surface area contributed by atoms with Crippen molar-refractivity contribution < 1.29 is 70.0 Å². The van der Waals surface area contributed by atoms with Gasteiger partial charge in [0.1, 0.15) is 61.0 Å². The van der Waals surface area contributed by atoms with E-state index >= 15 is 0 Å². The van der Waals surface area contributed by atoms with Crippen LogP contribution in [0.2, 0.25) is 0 Å². The summed E-state index contributed by atoms with van der Waals surface area (Å²) in [6.07, 6.45) is -16.9. The van der Waals surface area contributed by atoms with E-state index in [1.54, 1.807) is 0 Å². The lowest BCUT2D eigenvalue weighted by atomic mass is 9.86. The van der Waals surface area contributed by atoms with E-state index in [9.17, 15) is 51.1 Å². The third-order valence-electron chi connectivity index (χ3n) is 6.61. The Balaban J connectivity index is 1.75. The summed E-state index contributed by atoms with van der Waals surface area (Å²) in [6.45, 7) is -1.96. The summed E-state index contributed by atoms with van der Waals surface area (Å²) < 4.78 is 21.4. The Morgan fingerprint density at radius 3 is 1.94 bits per heavy atom. The Bertz CT molecular complexity index is 709. The van der Waals surface area contributed by atoms with Gasteiger partial charge in [-0.05, 0) is 5.57 Å². The van der Waals surface area contributed by atoms with Gasteiger partial charge in [0.25, 0.3) is 0 Å². The lowest BCUT2D eigenvalue weighted by Gasteiger charge is -2.47. The van der Waals surface area contributed by atoms with Gasteiger partial charge in [0.05, 0.1) is 31.9 Å². The van der Waals surface area contributed by atoms with Crippen molar-refractivity contribution >= 4 is 0 Å². The van der Waals surface area contributed by atoms with Crippen molar-refractivity contribution in [1.29, 1.82) is 0 Å². The molecule has 0 radical (unpaired) electrons. The summed E-state index contributed by atoms with van der Waals surface area (Å²) in [5.74, 6) is 0. The molecule has 11 N–H and O–H groups in total. The van der Waals surface area contributed by atoms with Crippen molar-refractivity contribution in [3.63, 3.8) is 0 Å². The molecule has 2 fully saturated rings. The number of hydrogen-bond donors (Lipinski definition) is 11. The predicted octanol–water partition coefficient (Wildman–Crippen LogP) is -6.76. The van der Waals surface area contributed by atoms with Crippen LogP contribution in [0.1, 0.15) is 0 Å². The topological polar surface area (TPSA) is 251 Å². The smallest absolute Gasteiger partial charge is 0.187 e. The van der Waals surface area contributed by atoms with Gasteiger partial charge in [-0.25, -0.2) is 0 Å². The zero-order valence-corrected chi connectivity index (χ0v) is 18.9. The molecule has 2 heterocycles. The third-order valence-corrected chi connectivity index (χ3v) is 6.61. The molecule has 15 heteroatoms. The fraction of sp³-hybridized carbons (Fsp3) is 0.900. The first-order valence-corrected chi connectivity index (χ1v) is 11.1. The molecular formula is C20H35NO14. The van der Waals surface area contributed by atoms with Crippen molar-refractivity contribution in [3.05, 3.63) is 11.6 Å². The molecule has 204 valence electrons. The highest BCUT2D eigenvalue weighted by atomic mass is 16.7. The molecular weight excluding hydrogens is 478 g/mol. The molecule has 5 unspecified atom stereocenters. The fourth-order valence-corrected chi connectivity index (χ4v) is 4.54. The van der Waals surface area contributed by atoms with Crippen molar-refractivity contribution in [2.45, 2.75) is 85.7 Å². The van der Waals surface area contributed by atoms with Gasteiger partial charge in [-0.15, -0.1) is 0 Å². The van der Waals surface area contributed by atoms with Crippen LogP contribution < -0.4 is 5.32 Å². The molecule has 3 rings (SSSR count). The number of nitrogens with one attached hydrogen (secondary N) is 1. The molecule has 3 aliphatic rings. The van der Waals surface area contributed by atoms with E-state index in [1.807, 2.05) is 0 Å². The molecule has 0 aromatic rings. The van der Waals surface area contributed by atoms with E-state index in [4.69, 9.17) is 18.9 Å². The first-order valence-electron chi connectivity index (χ1n) is 11.1. The van der Waals surface area contributed by atoms with E-state index in [0.717, 1.165) is 0 Å². The minimum Gasteiger partial charge on any atom is -0.394 e. The van der Waals surface area contributed by atoms with Gasteiger partial charge in [-0.3, -0.25) is 0 Å². The Hall–Kier alpha value is -0.860. The summed E-state index contributed by atoms with van der Waals surface area (Å²) in [5, 5.41) is 104. The lowest BCUT2D eigenvalue weighted by Crippen LogP contribution is -2.69. The summed E-state index contributed by atoms with van der Waals surface area (Å²) in [5.41, 5.74) is 0.0167. The lowest BCUT2D eigenvalue weighted by molar-refractivity contribution is -0.350. The fourth-order valence-electron chi connectivity index (χ4n) is 4.54. The van der Waals surface area contributed by atoms with Gasteiger partial charge >= 0.3 is 0 Å². The monoisotopic (exact) mass is 513 g/mol. The molecule has 0 spiro atoms. The van der Waals surface area contributed by atoms with Crippen molar-refractivity contribution in [3.8, 4) is 0 Å². The highest BCUT2D eigenvalue weighted by Gasteiger charge is 2.51. The molecule has 2 aliphatic heterocycles. The maximum atomic E-state index is 10.8. The number of aliphatic hydroxyl groups excluding tert-OH is 10. The average molecular weight is 513 g/mol. The Kier molecular flexibility index (Phi) is 9.94. The molecule has 1 aliphatic carbocycles. The molecule has 0 aromatic heterocycles. The Labute approximate surface area is 200 Å². The quantitative estimate of drug-likeness (QED) is 0.135. The van der Waals surface area contributed by atoms with Crippen LogP contribution in [0.5, 0.6) is 0 Å². The number of rotatable bonds is 8. The van der Waals surface area contributed by atoms with Gasteiger partial charge in [0.2, 0.25) is 0 Å². The predicted molar refractivity (Wildman–Crippen MR) is 111 cm³/mol. The summed E-state index contributed by atoms with van der Waals surface area (Å²) in [4.78, 5) is 0. The molecule has 35 heavy (non-hydrogen) atoms. The average Bonchev–Trinajstić information content (AvgIpc) is 2.86. The van der Waals surface area contributed by atoms with E-state index in [2.05, 4.69) is 5.32 Å². The van der Waals surface area contributed by atoms with Crippen LogP contribution in [0.15, 0.2) is 11.6 Å². The van der Waals surface area contributed by atoms with Gasteiger partial charge in [-0.2, -0.15) is 0 Å². The van der Waals surface area contributed by atoms with Crippen LogP contribution in [0.3, 0.4) is 0 Å². The minimum atomic E-state index is -1.78. The second-order valence-corrected chi connectivity index (χ2v) is 8.79. The zero-order chi connectivity index (χ0) is 26.0. The third kappa shape index (κ3) is 5.69. The Morgan fingerprint density at radius 2 is 1.37 bits per heavy atom. The number of methoxy groups -OCH3 is 1. The van der Waals surface area contributed by atoms with Gasteiger partial charge in [0, 0.05) is 7.11 Å². The normalized spacial score (nSPS) is 49.1. The molecule has 0 amide bonds. The summed E-state index contributed by atoms with van der Waals surface area (Å²) in [7, 11) is 1.22. The first kappa shape index (κ1) is 28.7. The summed E-state index contributed by atoms with van der Waals surface area (Å²) >= 11 is 0. The second kappa shape index (κ2) is 12.1. The molecule has 15 nitrogen and oxygen atoms in total. The van der Waals surface area contributed by atoms with E-state index < -0.39 is 106 Å². The van der Waals surface area contributed by atoms with Crippen molar-refractivity contribution in [1.82, 2.24) is 5.32 Å². The van der Waals surface area contributed by atoms with Crippen LogP contribution in [0.25, 0.3) is 0 Å². The largest absolute Gasteiger partial charge is 0.394 e. The SMILES string of the molecule is COC1OC(CO)[C@@H](O[C@H]2OC(CO)[C@@H](N[C@H]3C=C(CO)[C@@H](O)[C@H](O)[C@H]3O)[C@H](O)C2O)C(O)[C@@H]1O. The molecule has 2 saturated heterocycles. The van der Waals surface area contributed by atoms with Gasteiger partial charge < -0.3 is 75.3 Å².